The maximum atomic E-state index is 6.25. The molecule has 3 atom stereocenters. The lowest BCUT2D eigenvalue weighted by molar-refractivity contribution is -0.0398. The van der Waals surface area contributed by atoms with Crippen LogP contribution in [0.1, 0.15) is 49.8 Å². The van der Waals surface area contributed by atoms with Crippen LogP contribution in [0, 0.1) is 0 Å². The van der Waals surface area contributed by atoms with Gasteiger partial charge in [-0.25, -0.2) is 0 Å². The first kappa shape index (κ1) is 15.0. The Kier molecular flexibility index (Phi) is 5.28. The zero-order valence-electron chi connectivity index (χ0n) is 13.0. The SMILES string of the molecule is CCCNC1c2ccccc2CCC1OCC1CCCO1. The van der Waals surface area contributed by atoms with Crippen LogP contribution in [0.3, 0.4) is 0 Å². The first-order chi connectivity index (χ1) is 10.4. The maximum absolute atomic E-state index is 6.25. The lowest BCUT2D eigenvalue weighted by Crippen LogP contribution is -2.39. The standard InChI is InChI=1S/C18H27NO2/c1-2-11-19-18-16-8-4-3-6-14(16)9-10-17(18)21-13-15-7-5-12-20-15/h3-4,6,8,15,17-19H,2,5,7,9-13H2,1H3. The highest BCUT2D eigenvalue weighted by Crippen LogP contribution is 2.32. The van der Waals surface area contributed by atoms with Gasteiger partial charge in [-0.3, -0.25) is 0 Å². The lowest BCUT2D eigenvalue weighted by atomic mass is 9.85. The Morgan fingerprint density at radius 2 is 2.19 bits per heavy atom. The summed E-state index contributed by atoms with van der Waals surface area (Å²) in [4.78, 5) is 0. The summed E-state index contributed by atoms with van der Waals surface area (Å²) in [7, 11) is 0. The Morgan fingerprint density at radius 3 is 3.00 bits per heavy atom. The van der Waals surface area contributed by atoms with Crippen LogP contribution in [-0.2, 0) is 15.9 Å². The van der Waals surface area contributed by atoms with E-state index >= 15 is 0 Å². The summed E-state index contributed by atoms with van der Waals surface area (Å²) in [5, 5.41) is 3.69. The number of hydrogen-bond acceptors (Lipinski definition) is 3. The van der Waals surface area contributed by atoms with Crippen LogP contribution in [0.5, 0.6) is 0 Å². The van der Waals surface area contributed by atoms with Gasteiger partial charge in [0.25, 0.3) is 0 Å². The summed E-state index contributed by atoms with van der Waals surface area (Å²) in [5.74, 6) is 0. The molecule has 3 unspecified atom stereocenters. The molecule has 1 heterocycles. The number of fused-ring (bicyclic) bond motifs is 1. The third-order valence-electron chi connectivity index (χ3n) is 4.59. The number of nitrogens with one attached hydrogen (secondary N) is 1. The van der Waals surface area contributed by atoms with E-state index in [0.29, 0.717) is 12.1 Å². The van der Waals surface area contributed by atoms with Crippen LogP contribution < -0.4 is 5.32 Å². The second-order valence-corrected chi connectivity index (χ2v) is 6.18. The minimum atomic E-state index is 0.274. The van der Waals surface area contributed by atoms with Crippen LogP contribution in [0.15, 0.2) is 24.3 Å². The van der Waals surface area contributed by atoms with Gasteiger partial charge in [0.2, 0.25) is 0 Å². The molecule has 0 saturated carbocycles. The second-order valence-electron chi connectivity index (χ2n) is 6.18. The predicted molar refractivity (Wildman–Crippen MR) is 84.5 cm³/mol. The van der Waals surface area contributed by atoms with E-state index in [2.05, 4.69) is 36.5 Å². The number of hydrogen-bond donors (Lipinski definition) is 1. The topological polar surface area (TPSA) is 30.5 Å². The summed E-state index contributed by atoms with van der Waals surface area (Å²) in [6, 6.07) is 9.12. The third-order valence-corrected chi connectivity index (χ3v) is 4.59. The van der Waals surface area contributed by atoms with Crippen molar-refractivity contribution in [2.45, 2.75) is 57.3 Å². The van der Waals surface area contributed by atoms with Crippen molar-refractivity contribution >= 4 is 0 Å². The predicted octanol–water partition coefficient (Wildman–Crippen LogP) is 3.24. The summed E-state index contributed by atoms with van der Waals surface area (Å²) < 4.78 is 11.9. The van der Waals surface area contributed by atoms with E-state index in [1.54, 1.807) is 0 Å². The highest BCUT2D eigenvalue weighted by molar-refractivity contribution is 5.33. The van der Waals surface area contributed by atoms with Crippen molar-refractivity contribution in [3.05, 3.63) is 35.4 Å². The van der Waals surface area contributed by atoms with Crippen LogP contribution in [0.2, 0.25) is 0 Å². The van der Waals surface area contributed by atoms with Gasteiger partial charge >= 0.3 is 0 Å². The van der Waals surface area contributed by atoms with Gasteiger partial charge in [-0.15, -0.1) is 0 Å². The van der Waals surface area contributed by atoms with Crippen molar-refractivity contribution < 1.29 is 9.47 Å². The summed E-state index contributed by atoms with van der Waals surface area (Å²) in [5.41, 5.74) is 2.90. The summed E-state index contributed by atoms with van der Waals surface area (Å²) >= 11 is 0. The Balaban J connectivity index is 1.66. The first-order valence-corrected chi connectivity index (χ1v) is 8.43. The molecule has 1 aliphatic heterocycles. The molecule has 1 aromatic carbocycles. The van der Waals surface area contributed by atoms with E-state index in [-0.39, 0.29) is 6.10 Å². The normalized spacial score (nSPS) is 28.5. The van der Waals surface area contributed by atoms with Crippen molar-refractivity contribution in [1.82, 2.24) is 5.32 Å². The smallest absolute Gasteiger partial charge is 0.0809 e. The van der Waals surface area contributed by atoms with Gasteiger partial charge in [-0.05, 0) is 49.8 Å². The molecule has 21 heavy (non-hydrogen) atoms. The van der Waals surface area contributed by atoms with Gasteiger partial charge in [0.15, 0.2) is 0 Å². The molecule has 1 saturated heterocycles. The fraction of sp³-hybridized carbons (Fsp3) is 0.667. The van der Waals surface area contributed by atoms with E-state index in [4.69, 9.17) is 9.47 Å². The van der Waals surface area contributed by atoms with Gasteiger partial charge in [-0.1, -0.05) is 31.2 Å². The molecule has 3 rings (SSSR count). The molecule has 0 amide bonds. The van der Waals surface area contributed by atoms with E-state index < -0.39 is 0 Å². The summed E-state index contributed by atoms with van der Waals surface area (Å²) in [6.45, 7) is 4.90. The molecule has 3 nitrogen and oxygen atoms in total. The molecule has 1 aliphatic carbocycles. The average molecular weight is 289 g/mol. The molecule has 116 valence electrons. The number of rotatable bonds is 6. The molecule has 2 aliphatic rings. The molecular formula is C18H27NO2. The minimum Gasteiger partial charge on any atom is -0.376 e. The molecule has 0 aromatic heterocycles. The molecule has 0 bridgehead atoms. The Bertz CT molecular complexity index is 443. The molecule has 3 heteroatoms. The van der Waals surface area contributed by atoms with Gasteiger partial charge in [0.05, 0.1) is 24.9 Å². The number of ether oxygens (including phenoxy) is 2. The quantitative estimate of drug-likeness (QED) is 0.872. The van der Waals surface area contributed by atoms with Crippen molar-refractivity contribution in [2.24, 2.45) is 0 Å². The summed E-state index contributed by atoms with van der Waals surface area (Å²) in [6.07, 6.45) is 6.29. The zero-order chi connectivity index (χ0) is 14.5. The highest BCUT2D eigenvalue weighted by atomic mass is 16.5. The van der Waals surface area contributed by atoms with Crippen molar-refractivity contribution in [3.8, 4) is 0 Å². The van der Waals surface area contributed by atoms with E-state index in [1.165, 1.54) is 17.5 Å². The first-order valence-electron chi connectivity index (χ1n) is 8.43. The average Bonchev–Trinajstić information content (AvgIpc) is 3.04. The monoisotopic (exact) mass is 289 g/mol. The number of aryl methyl sites for hydroxylation is 1. The second kappa shape index (κ2) is 7.39. The fourth-order valence-corrected chi connectivity index (χ4v) is 3.46. The largest absolute Gasteiger partial charge is 0.376 e. The lowest BCUT2D eigenvalue weighted by Gasteiger charge is -2.34. The van der Waals surface area contributed by atoms with Crippen LogP contribution in [0.4, 0.5) is 0 Å². The Morgan fingerprint density at radius 1 is 1.29 bits per heavy atom. The van der Waals surface area contributed by atoms with Gasteiger partial charge < -0.3 is 14.8 Å². The Labute approximate surface area is 128 Å². The van der Waals surface area contributed by atoms with Crippen LogP contribution >= 0.6 is 0 Å². The molecule has 1 fully saturated rings. The van der Waals surface area contributed by atoms with Crippen LogP contribution in [-0.4, -0.2) is 32.0 Å². The molecule has 0 radical (unpaired) electrons. The van der Waals surface area contributed by atoms with E-state index in [0.717, 1.165) is 45.4 Å². The molecule has 0 spiro atoms. The van der Waals surface area contributed by atoms with Crippen LogP contribution in [0.25, 0.3) is 0 Å². The molecular weight excluding hydrogens is 262 g/mol. The minimum absolute atomic E-state index is 0.274. The van der Waals surface area contributed by atoms with Gasteiger partial charge in [0.1, 0.15) is 0 Å². The van der Waals surface area contributed by atoms with Crippen molar-refractivity contribution in [1.29, 1.82) is 0 Å². The van der Waals surface area contributed by atoms with Crippen molar-refractivity contribution in [3.63, 3.8) is 0 Å². The molecule has 1 N–H and O–H groups in total. The van der Waals surface area contributed by atoms with Crippen molar-refractivity contribution in [2.75, 3.05) is 19.8 Å². The van der Waals surface area contributed by atoms with Gasteiger partial charge in [-0.2, -0.15) is 0 Å². The maximum Gasteiger partial charge on any atom is 0.0809 e. The molecule has 1 aromatic rings. The van der Waals surface area contributed by atoms with E-state index in [9.17, 15) is 0 Å². The number of benzene rings is 1. The highest BCUT2D eigenvalue weighted by Gasteiger charge is 2.30. The zero-order valence-corrected chi connectivity index (χ0v) is 13.0. The Hall–Kier alpha value is -0.900. The van der Waals surface area contributed by atoms with Gasteiger partial charge in [0, 0.05) is 6.61 Å². The van der Waals surface area contributed by atoms with E-state index in [1.807, 2.05) is 0 Å². The third kappa shape index (κ3) is 3.65. The fourth-order valence-electron chi connectivity index (χ4n) is 3.46.